The van der Waals surface area contributed by atoms with Crippen molar-refractivity contribution < 1.29 is 19.8 Å². The molecule has 0 aromatic rings. The zero-order valence-electron chi connectivity index (χ0n) is 7.77. The van der Waals surface area contributed by atoms with Crippen LogP contribution in [-0.4, -0.2) is 11.9 Å². The van der Waals surface area contributed by atoms with Crippen molar-refractivity contribution in [1.29, 1.82) is 0 Å². The quantitative estimate of drug-likeness (QED) is 0.540. The molecule has 3 aliphatic carbocycles. The molecule has 3 fully saturated rings. The minimum atomic E-state index is -1.21. The van der Waals surface area contributed by atoms with Gasteiger partial charge >= 0.3 is 0 Å². The van der Waals surface area contributed by atoms with Crippen LogP contribution in [0.4, 0.5) is 0 Å². The van der Waals surface area contributed by atoms with Gasteiger partial charge in [-0.2, -0.15) is 0 Å². The molecule has 2 atom stereocenters. The number of carboxylic acids is 2. The summed E-state index contributed by atoms with van der Waals surface area (Å²) in [4.78, 5) is 21.7. The maximum atomic E-state index is 10.9. The maximum absolute atomic E-state index is 10.9. The number of aliphatic carboxylic acids is 2. The zero-order valence-corrected chi connectivity index (χ0v) is 7.77. The smallest absolute Gasteiger partial charge is 0.0454 e. The molecule has 4 heteroatoms. The predicted octanol–water partition coefficient (Wildman–Crippen LogP) is -1.46. The predicted molar refractivity (Wildman–Crippen MR) is 42.4 cm³/mol. The molecule has 3 saturated carbocycles. The largest absolute Gasteiger partial charge is 0.550 e. The number of hydrogen-bond acceptors (Lipinski definition) is 4. The van der Waals surface area contributed by atoms with E-state index in [1.54, 1.807) is 0 Å². The first-order chi connectivity index (χ1) is 6.61. The van der Waals surface area contributed by atoms with Crippen molar-refractivity contribution in [2.75, 3.05) is 0 Å². The van der Waals surface area contributed by atoms with Crippen molar-refractivity contribution in [2.45, 2.75) is 25.7 Å². The van der Waals surface area contributed by atoms with E-state index in [-0.39, 0.29) is 11.8 Å². The van der Waals surface area contributed by atoms with Crippen LogP contribution in [0.3, 0.4) is 0 Å². The molecule has 0 aromatic heterocycles. The van der Waals surface area contributed by atoms with Gasteiger partial charge in [-0.25, -0.2) is 0 Å². The summed E-state index contributed by atoms with van der Waals surface area (Å²) in [6.07, 6.45) is 3.31. The molecule has 0 unspecified atom stereocenters. The van der Waals surface area contributed by atoms with Crippen molar-refractivity contribution in [3.05, 3.63) is 0 Å². The molecule has 0 N–H and O–H groups in total. The summed E-state index contributed by atoms with van der Waals surface area (Å²) >= 11 is 0. The average molecular weight is 196 g/mol. The van der Waals surface area contributed by atoms with Gasteiger partial charge in [-0.15, -0.1) is 0 Å². The van der Waals surface area contributed by atoms with Crippen LogP contribution in [0.1, 0.15) is 25.7 Å². The molecule has 3 rings (SSSR count). The van der Waals surface area contributed by atoms with Crippen molar-refractivity contribution in [3.63, 3.8) is 0 Å². The Bertz CT molecular complexity index is 237. The highest BCUT2D eigenvalue weighted by molar-refractivity contribution is 5.79. The van der Waals surface area contributed by atoms with E-state index < -0.39 is 23.8 Å². The number of rotatable bonds is 2. The molecule has 0 saturated heterocycles. The standard InChI is InChI=1S/C10H14O4/c11-9(12)7-5-1-2-6(4-3-5)8(7)10(13)14/h5-8H,1-4H2,(H,11,12)(H,13,14)/p-2/t5?,6?,7-,8-/m0/s1. The highest BCUT2D eigenvalue weighted by Crippen LogP contribution is 2.48. The lowest BCUT2D eigenvalue weighted by Gasteiger charge is -2.49. The van der Waals surface area contributed by atoms with Crippen LogP contribution < -0.4 is 10.2 Å². The summed E-state index contributed by atoms with van der Waals surface area (Å²) in [7, 11) is 0. The Morgan fingerprint density at radius 3 is 1.29 bits per heavy atom. The SMILES string of the molecule is O=C([O-])[C@H]1C2CCC(CC2)[C@@H]1C(=O)[O-]. The van der Waals surface area contributed by atoms with Crippen LogP contribution >= 0.6 is 0 Å². The molecular weight excluding hydrogens is 184 g/mol. The number of hydrogen-bond donors (Lipinski definition) is 0. The first-order valence-electron chi connectivity index (χ1n) is 5.03. The van der Waals surface area contributed by atoms with Gasteiger partial charge in [0.1, 0.15) is 0 Å². The summed E-state index contributed by atoms with van der Waals surface area (Å²) in [5.41, 5.74) is 0. The highest BCUT2D eigenvalue weighted by atomic mass is 16.4. The Hall–Kier alpha value is -1.06. The molecule has 0 radical (unpaired) electrons. The monoisotopic (exact) mass is 196 g/mol. The Morgan fingerprint density at radius 2 is 1.07 bits per heavy atom. The molecule has 0 aliphatic heterocycles. The van der Waals surface area contributed by atoms with E-state index in [9.17, 15) is 19.8 Å². The second-order valence-corrected chi connectivity index (χ2v) is 4.36. The molecule has 0 aromatic carbocycles. The van der Waals surface area contributed by atoms with Crippen LogP contribution in [-0.2, 0) is 9.59 Å². The summed E-state index contributed by atoms with van der Waals surface area (Å²) in [6, 6.07) is 0. The zero-order chi connectivity index (χ0) is 10.3. The fraction of sp³-hybridized carbons (Fsp3) is 0.800. The average Bonchev–Trinajstić information content (AvgIpc) is 2.17. The topological polar surface area (TPSA) is 80.3 Å². The van der Waals surface area contributed by atoms with Crippen molar-refractivity contribution in [2.24, 2.45) is 23.7 Å². The molecule has 3 aliphatic rings. The Labute approximate surface area is 81.9 Å². The Morgan fingerprint density at radius 1 is 0.786 bits per heavy atom. The minimum absolute atomic E-state index is 0.00657. The van der Waals surface area contributed by atoms with Gasteiger partial charge in [0.2, 0.25) is 0 Å². The van der Waals surface area contributed by atoms with E-state index >= 15 is 0 Å². The van der Waals surface area contributed by atoms with E-state index in [1.165, 1.54) is 0 Å². The Kier molecular flexibility index (Phi) is 2.21. The van der Waals surface area contributed by atoms with Crippen LogP contribution in [0, 0.1) is 23.7 Å². The van der Waals surface area contributed by atoms with Gasteiger partial charge in [0, 0.05) is 23.8 Å². The first kappa shape index (κ1) is 9.49. The van der Waals surface area contributed by atoms with E-state index in [0.29, 0.717) is 0 Å². The van der Waals surface area contributed by atoms with Crippen LogP contribution in [0.5, 0.6) is 0 Å². The van der Waals surface area contributed by atoms with Crippen molar-refractivity contribution in [1.82, 2.24) is 0 Å². The number of carbonyl (C=O) groups is 2. The fourth-order valence-electron chi connectivity index (χ4n) is 3.13. The summed E-state index contributed by atoms with van der Waals surface area (Å²) in [6.45, 7) is 0. The Balaban J connectivity index is 2.27. The van der Waals surface area contributed by atoms with E-state index in [1.807, 2.05) is 0 Å². The number of carboxylic acid groups (broad SMARTS) is 2. The maximum Gasteiger partial charge on any atom is 0.0454 e. The van der Waals surface area contributed by atoms with Gasteiger partial charge in [0.15, 0.2) is 0 Å². The third-order valence-corrected chi connectivity index (χ3v) is 3.76. The fourth-order valence-corrected chi connectivity index (χ4v) is 3.13. The molecule has 78 valence electrons. The second-order valence-electron chi connectivity index (χ2n) is 4.36. The lowest BCUT2D eigenvalue weighted by molar-refractivity contribution is -0.334. The number of fused-ring (bicyclic) bond motifs is 3. The lowest BCUT2D eigenvalue weighted by atomic mass is 9.58. The van der Waals surface area contributed by atoms with E-state index in [2.05, 4.69) is 0 Å². The summed E-state index contributed by atoms with van der Waals surface area (Å²) < 4.78 is 0. The first-order valence-corrected chi connectivity index (χ1v) is 5.03. The highest BCUT2D eigenvalue weighted by Gasteiger charge is 2.44. The third-order valence-electron chi connectivity index (χ3n) is 3.76. The van der Waals surface area contributed by atoms with Crippen LogP contribution in [0.2, 0.25) is 0 Å². The molecule has 0 heterocycles. The molecule has 4 nitrogen and oxygen atoms in total. The van der Waals surface area contributed by atoms with Gasteiger partial charge < -0.3 is 19.8 Å². The van der Waals surface area contributed by atoms with Crippen LogP contribution in [0.25, 0.3) is 0 Å². The van der Waals surface area contributed by atoms with Crippen LogP contribution in [0.15, 0.2) is 0 Å². The molecule has 2 bridgehead atoms. The van der Waals surface area contributed by atoms with Gasteiger partial charge in [-0.1, -0.05) is 0 Å². The molecule has 0 amide bonds. The lowest BCUT2D eigenvalue weighted by Crippen LogP contribution is -2.54. The van der Waals surface area contributed by atoms with E-state index in [0.717, 1.165) is 25.7 Å². The molecule has 14 heavy (non-hydrogen) atoms. The van der Waals surface area contributed by atoms with Gasteiger partial charge in [-0.05, 0) is 37.5 Å². The summed E-state index contributed by atoms with van der Waals surface area (Å²) in [5, 5.41) is 21.7. The van der Waals surface area contributed by atoms with Gasteiger partial charge in [0.25, 0.3) is 0 Å². The normalized spacial score (nSPS) is 40.9. The molecule has 0 spiro atoms. The van der Waals surface area contributed by atoms with Gasteiger partial charge in [-0.3, -0.25) is 0 Å². The minimum Gasteiger partial charge on any atom is -0.550 e. The van der Waals surface area contributed by atoms with Gasteiger partial charge in [0.05, 0.1) is 0 Å². The second kappa shape index (κ2) is 3.26. The third kappa shape index (κ3) is 1.29. The van der Waals surface area contributed by atoms with Crippen molar-refractivity contribution >= 4 is 11.9 Å². The van der Waals surface area contributed by atoms with E-state index in [4.69, 9.17) is 0 Å². The molecular formula is C10H12O4-2. The summed E-state index contributed by atoms with van der Waals surface area (Å²) in [5.74, 6) is -4.07. The van der Waals surface area contributed by atoms with Crippen molar-refractivity contribution in [3.8, 4) is 0 Å². The number of carbonyl (C=O) groups excluding carboxylic acids is 2.